The standard InChI is InChI=1S/C11H16N4O4S/c1-5(12)9(17)15-8(11(18)19)3-7-10(14-4-13-7)20-6(2)16/h4-5,8H,3,12H2,1-2H3,(H,13,14)(H,15,17)(H,18,19)/t5-,8-/m0/s1. The molecule has 0 bridgehead atoms. The molecule has 0 aliphatic heterocycles. The van der Waals surface area contributed by atoms with Crippen LogP contribution in [-0.4, -0.2) is 44.1 Å². The second-order valence-corrected chi connectivity index (χ2v) is 5.34. The van der Waals surface area contributed by atoms with Gasteiger partial charge in [0.1, 0.15) is 11.1 Å². The van der Waals surface area contributed by atoms with E-state index in [0.29, 0.717) is 10.7 Å². The molecule has 0 aliphatic rings. The van der Waals surface area contributed by atoms with Crippen LogP contribution in [0.5, 0.6) is 0 Å². The van der Waals surface area contributed by atoms with Gasteiger partial charge in [0.2, 0.25) is 5.91 Å². The molecule has 0 fully saturated rings. The van der Waals surface area contributed by atoms with Gasteiger partial charge in [0.15, 0.2) is 5.12 Å². The third-order valence-electron chi connectivity index (χ3n) is 2.36. The predicted molar refractivity (Wildman–Crippen MR) is 72.0 cm³/mol. The summed E-state index contributed by atoms with van der Waals surface area (Å²) in [6.45, 7) is 2.84. The van der Waals surface area contributed by atoms with Crippen molar-refractivity contribution in [2.75, 3.05) is 0 Å². The summed E-state index contributed by atoms with van der Waals surface area (Å²) in [5.41, 5.74) is 5.85. The van der Waals surface area contributed by atoms with Gasteiger partial charge in [-0.1, -0.05) is 0 Å². The summed E-state index contributed by atoms with van der Waals surface area (Å²) in [7, 11) is 0. The Bertz CT molecular complexity index is 514. The zero-order valence-corrected chi connectivity index (χ0v) is 11.9. The number of rotatable bonds is 6. The molecule has 1 rings (SSSR count). The number of carbonyl (C=O) groups is 3. The number of hydrogen-bond acceptors (Lipinski definition) is 6. The smallest absolute Gasteiger partial charge is 0.326 e. The Labute approximate surface area is 119 Å². The van der Waals surface area contributed by atoms with Gasteiger partial charge in [-0.15, -0.1) is 0 Å². The summed E-state index contributed by atoms with van der Waals surface area (Å²) < 4.78 is 0. The van der Waals surface area contributed by atoms with Crippen molar-refractivity contribution in [1.82, 2.24) is 15.3 Å². The van der Waals surface area contributed by atoms with E-state index in [9.17, 15) is 14.4 Å². The molecule has 1 amide bonds. The highest BCUT2D eigenvalue weighted by Gasteiger charge is 2.24. The summed E-state index contributed by atoms with van der Waals surface area (Å²) >= 11 is 0.899. The van der Waals surface area contributed by atoms with Crippen molar-refractivity contribution < 1.29 is 19.5 Å². The highest BCUT2D eigenvalue weighted by molar-refractivity contribution is 8.13. The second-order valence-electron chi connectivity index (χ2n) is 4.17. The fraction of sp³-hybridized carbons (Fsp3) is 0.455. The molecule has 0 saturated carbocycles. The van der Waals surface area contributed by atoms with Crippen molar-refractivity contribution in [3.8, 4) is 0 Å². The molecule has 0 unspecified atom stereocenters. The average molecular weight is 300 g/mol. The third-order valence-corrected chi connectivity index (χ3v) is 3.19. The molecule has 1 aromatic heterocycles. The molecule has 1 heterocycles. The van der Waals surface area contributed by atoms with Gasteiger partial charge in [0.25, 0.3) is 0 Å². The number of nitrogens with two attached hydrogens (primary N) is 1. The van der Waals surface area contributed by atoms with Crippen molar-refractivity contribution >= 4 is 28.8 Å². The summed E-state index contributed by atoms with van der Waals surface area (Å²) in [5, 5.41) is 11.7. The van der Waals surface area contributed by atoms with E-state index in [1.807, 2.05) is 0 Å². The molecular formula is C11H16N4O4S. The van der Waals surface area contributed by atoms with Gasteiger partial charge in [0, 0.05) is 13.3 Å². The first kappa shape index (κ1) is 16.2. The Hall–Kier alpha value is -1.87. The van der Waals surface area contributed by atoms with Crippen LogP contribution < -0.4 is 11.1 Å². The van der Waals surface area contributed by atoms with Crippen molar-refractivity contribution in [2.45, 2.75) is 37.4 Å². The summed E-state index contributed by atoms with van der Waals surface area (Å²) in [5.74, 6) is -1.75. The Kier molecular flexibility index (Phi) is 5.71. The molecule has 0 saturated heterocycles. The van der Waals surface area contributed by atoms with E-state index in [-0.39, 0.29) is 11.5 Å². The molecule has 110 valence electrons. The topological polar surface area (TPSA) is 138 Å². The number of carbonyl (C=O) groups excluding carboxylic acids is 2. The number of nitrogens with zero attached hydrogens (tertiary/aromatic N) is 1. The van der Waals surface area contributed by atoms with E-state index in [1.54, 1.807) is 0 Å². The van der Waals surface area contributed by atoms with E-state index in [2.05, 4.69) is 15.3 Å². The van der Waals surface area contributed by atoms with Crippen LogP contribution in [0.15, 0.2) is 11.4 Å². The number of aromatic nitrogens is 2. The highest BCUT2D eigenvalue weighted by Crippen LogP contribution is 2.20. The zero-order chi connectivity index (χ0) is 15.3. The van der Waals surface area contributed by atoms with Gasteiger partial charge in [-0.25, -0.2) is 9.78 Å². The van der Waals surface area contributed by atoms with Crippen LogP contribution in [0.25, 0.3) is 0 Å². The van der Waals surface area contributed by atoms with E-state index >= 15 is 0 Å². The number of nitrogens with one attached hydrogen (secondary N) is 2. The van der Waals surface area contributed by atoms with E-state index < -0.39 is 24.0 Å². The van der Waals surface area contributed by atoms with Crippen molar-refractivity contribution in [3.05, 3.63) is 12.0 Å². The maximum Gasteiger partial charge on any atom is 0.326 e. The third kappa shape index (κ3) is 4.67. The SMILES string of the molecule is CC(=O)Sc1nc[nH]c1C[C@H](NC(=O)[C@H](C)N)C(=O)O. The summed E-state index contributed by atoms with van der Waals surface area (Å²) in [6.07, 6.45) is 1.36. The largest absolute Gasteiger partial charge is 0.480 e. The number of thioether (sulfide) groups is 1. The monoisotopic (exact) mass is 300 g/mol. The maximum atomic E-state index is 11.5. The number of amides is 1. The lowest BCUT2D eigenvalue weighted by Crippen LogP contribution is -2.48. The van der Waals surface area contributed by atoms with Crippen LogP contribution >= 0.6 is 11.8 Å². The van der Waals surface area contributed by atoms with Crippen LogP contribution in [0.3, 0.4) is 0 Å². The van der Waals surface area contributed by atoms with Crippen molar-refractivity contribution in [2.24, 2.45) is 5.73 Å². The minimum atomic E-state index is -1.19. The lowest BCUT2D eigenvalue weighted by atomic mass is 10.1. The fourth-order valence-corrected chi connectivity index (χ4v) is 2.03. The molecule has 1 aromatic rings. The Morgan fingerprint density at radius 2 is 2.20 bits per heavy atom. The van der Waals surface area contributed by atoms with Crippen molar-refractivity contribution in [3.63, 3.8) is 0 Å². The van der Waals surface area contributed by atoms with Crippen LogP contribution in [0, 0.1) is 0 Å². The minimum absolute atomic E-state index is 0.0105. The number of aliphatic carboxylic acids is 1. The number of imidazole rings is 1. The molecule has 9 heteroatoms. The molecule has 0 radical (unpaired) electrons. The first-order valence-corrected chi connectivity index (χ1v) is 6.62. The number of H-pyrrole nitrogens is 1. The zero-order valence-electron chi connectivity index (χ0n) is 11.0. The minimum Gasteiger partial charge on any atom is -0.480 e. The van der Waals surface area contributed by atoms with Gasteiger partial charge < -0.3 is 21.1 Å². The normalized spacial score (nSPS) is 13.6. The van der Waals surface area contributed by atoms with Crippen LogP contribution in [0.1, 0.15) is 19.5 Å². The highest BCUT2D eigenvalue weighted by atomic mass is 32.2. The molecule has 0 aromatic carbocycles. The lowest BCUT2D eigenvalue weighted by molar-refractivity contribution is -0.141. The van der Waals surface area contributed by atoms with Gasteiger partial charge >= 0.3 is 5.97 Å². The summed E-state index contributed by atoms with van der Waals surface area (Å²) in [4.78, 5) is 40.4. The Balaban J connectivity index is 2.81. The molecule has 8 nitrogen and oxygen atoms in total. The Morgan fingerprint density at radius 3 is 2.70 bits per heavy atom. The number of hydrogen-bond donors (Lipinski definition) is 4. The number of aromatic amines is 1. The van der Waals surface area contributed by atoms with Gasteiger partial charge in [0.05, 0.1) is 18.1 Å². The van der Waals surface area contributed by atoms with Crippen molar-refractivity contribution in [1.29, 1.82) is 0 Å². The molecule has 5 N–H and O–H groups in total. The number of carboxylic acids is 1. The van der Waals surface area contributed by atoms with E-state index in [1.165, 1.54) is 20.2 Å². The predicted octanol–water partition coefficient (Wildman–Crippen LogP) is -0.493. The lowest BCUT2D eigenvalue weighted by Gasteiger charge is -2.15. The summed E-state index contributed by atoms with van der Waals surface area (Å²) in [6, 6.07) is -1.94. The maximum absolute atomic E-state index is 11.5. The van der Waals surface area contributed by atoms with Crippen LogP contribution in [0.2, 0.25) is 0 Å². The fourth-order valence-electron chi connectivity index (χ4n) is 1.39. The van der Waals surface area contributed by atoms with E-state index in [4.69, 9.17) is 10.8 Å². The van der Waals surface area contributed by atoms with Gasteiger partial charge in [-0.05, 0) is 18.7 Å². The Morgan fingerprint density at radius 1 is 1.55 bits per heavy atom. The van der Waals surface area contributed by atoms with Crippen LogP contribution in [0.4, 0.5) is 0 Å². The molecule has 2 atom stereocenters. The van der Waals surface area contributed by atoms with Crippen LogP contribution in [-0.2, 0) is 20.8 Å². The quantitative estimate of drug-likeness (QED) is 0.520. The van der Waals surface area contributed by atoms with Gasteiger partial charge in [-0.2, -0.15) is 0 Å². The number of carboxylic acid groups (broad SMARTS) is 1. The average Bonchev–Trinajstić information content (AvgIpc) is 2.74. The second kappa shape index (κ2) is 7.06. The first-order valence-electron chi connectivity index (χ1n) is 5.80. The molecule has 0 spiro atoms. The molecular weight excluding hydrogens is 284 g/mol. The van der Waals surface area contributed by atoms with Gasteiger partial charge in [-0.3, -0.25) is 9.59 Å². The molecule has 20 heavy (non-hydrogen) atoms. The molecule has 0 aliphatic carbocycles. The first-order chi connectivity index (χ1) is 9.31. The van der Waals surface area contributed by atoms with E-state index in [0.717, 1.165) is 11.8 Å².